The Hall–Kier alpha value is -0.590. The topological polar surface area (TPSA) is 56.0 Å². The van der Waals surface area contributed by atoms with Crippen LogP contribution in [0.4, 0.5) is 0 Å². The van der Waals surface area contributed by atoms with Crippen LogP contribution in [0.1, 0.15) is 44.9 Å². The zero-order chi connectivity index (χ0) is 10.8. The van der Waals surface area contributed by atoms with E-state index < -0.39 is 11.0 Å². The van der Waals surface area contributed by atoms with E-state index in [-0.39, 0.29) is 0 Å². The summed E-state index contributed by atoms with van der Waals surface area (Å²) in [5.41, 5.74) is -1.25. The van der Waals surface area contributed by atoms with Gasteiger partial charge in [-0.1, -0.05) is 25.7 Å². The number of nitrogens with one attached hydrogen (secondary N) is 1. The molecule has 0 radical (unpaired) electrons. The van der Waals surface area contributed by atoms with Crippen molar-refractivity contribution in [2.45, 2.75) is 50.5 Å². The normalized spacial score (nSPS) is 35.7. The van der Waals surface area contributed by atoms with Gasteiger partial charge in [-0.25, -0.2) is 0 Å². The molecule has 2 N–H and O–H groups in total. The molecule has 0 aromatic carbocycles. The van der Waals surface area contributed by atoms with Crippen LogP contribution in [-0.2, 0) is 0 Å². The van der Waals surface area contributed by atoms with Crippen LogP contribution >= 0.6 is 0 Å². The summed E-state index contributed by atoms with van der Waals surface area (Å²) in [6.07, 6.45) is 7.11. The molecule has 2 fully saturated rings. The van der Waals surface area contributed by atoms with Gasteiger partial charge in [-0.15, -0.1) is 0 Å². The molecule has 1 atom stereocenters. The van der Waals surface area contributed by atoms with Crippen LogP contribution in [0.3, 0.4) is 0 Å². The highest BCUT2D eigenvalue weighted by atomic mass is 16.3. The van der Waals surface area contributed by atoms with Crippen LogP contribution in [0.2, 0.25) is 0 Å². The number of hydrogen-bond donors (Lipinski definition) is 2. The molecule has 3 nitrogen and oxygen atoms in total. The highest BCUT2D eigenvalue weighted by Gasteiger charge is 2.51. The van der Waals surface area contributed by atoms with Crippen molar-refractivity contribution in [3.8, 4) is 6.07 Å². The molecular formula is C12H20N2O. The number of rotatable bonds is 1. The largest absolute Gasteiger partial charge is 0.387 e. The monoisotopic (exact) mass is 208 g/mol. The first-order chi connectivity index (χ1) is 7.22. The highest BCUT2D eigenvalue weighted by Crippen LogP contribution is 2.45. The number of nitriles is 1. The Bertz CT molecular complexity index is 255. The summed E-state index contributed by atoms with van der Waals surface area (Å²) in [6.45, 7) is 1.44. The SMILES string of the molecule is N#CC1(C2(O)CCNC2)CCCCCC1. The second-order valence-corrected chi connectivity index (χ2v) is 5.07. The van der Waals surface area contributed by atoms with E-state index in [0.29, 0.717) is 6.54 Å². The third-order valence-electron chi connectivity index (χ3n) is 4.19. The lowest BCUT2D eigenvalue weighted by Gasteiger charge is -2.39. The third kappa shape index (κ3) is 1.77. The molecule has 2 aliphatic rings. The minimum absolute atomic E-state index is 0.479. The Labute approximate surface area is 91.5 Å². The Balaban J connectivity index is 2.22. The molecule has 1 unspecified atom stereocenters. The summed E-state index contributed by atoms with van der Waals surface area (Å²) in [5, 5.41) is 23.2. The third-order valence-corrected chi connectivity index (χ3v) is 4.19. The summed E-state index contributed by atoms with van der Waals surface area (Å²) in [4.78, 5) is 0. The zero-order valence-electron chi connectivity index (χ0n) is 9.26. The molecule has 2 rings (SSSR count). The maximum Gasteiger partial charge on any atom is 0.0968 e. The Morgan fingerprint density at radius 1 is 1.07 bits per heavy atom. The molecule has 0 bridgehead atoms. The molecule has 15 heavy (non-hydrogen) atoms. The van der Waals surface area contributed by atoms with Gasteiger partial charge in [-0.2, -0.15) is 5.26 Å². The van der Waals surface area contributed by atoms with Gasteiger partial charge in [0, 0.05) is 6.54 Å². The lowest BCUT2D eigenvalue weighted by atomic mass is 9.67. The molecule has 84 valence electrons. The average molecular weight is 208 g/mol. The van der Waals surface area contributed by atoms with Crippen molar-refractivity contribution in [2.75, 3.05) is 13.1 Å². The van der Waals surface area contributed by atoms with Crippen molar-refractivity contribution in [3.63, 3.8) is 0 Å². The molecule has 1 saturated heterocycles. The van der Waals surface area contributed by atoms with Gasteiger partial charge < -0.3 is 10.4 Å². The summed E-state index contributed by atoms with van der Waals surface area (Å²) >= 11 is 0. The number of β-amino-alcohol motifs (C(OH)–C–C–N with tert-alkyl or cyclic N) is 1. The van der Waals surface area contributed by atoms with E-state index in [1.807, 2.05) is 0 Å². The van der Waals surface area contributed by atoms with E-state index in [1.165, 1.54) is 12.8 Å². The zero-order valence-corrected chi connectivity index (χ0v) is 9.26. The van der Waals surface area contributed by atoms with Gasteiger partial charge in [0.15, 0.2) is 0 Å². The predicted molar refractivity (Wildman–Crippen MR) is 58.2 cm³/mol. The molecule has 1 aliphatic heterocycles. The van der Waals surface area contributed by atoms with Crippen molar-refractivity contribution < 1.29 is 5.11 Å². The molecule has 0 amide bonds. The number of hydrogen-bond acceptors (Lipinski definition) is 3. The van der Waals surface area contributed by atoms with E-state index in [2.05, 4.69) is 11.4 Å². The molecule has 1 aliphatic carbocycles. The summed E-state index contributed by atoms with van der Waals surface area (Å²) in [6, 6.07) is 2.45. The van der Waals surface area contributed by atoms with E-state index >= 15 is 0 Å². The van der Waals surface area contributed by atoms with Crippen molar-refractivity contribution in [1.29, 1.82) is 5.26 Å². The first-order valence-electron chi connectivity index (χ1n) is 6.07. The number of nitrogens with zero attached hydrogens (tertiary/aromatic N) is 1. The first kappa shape index (κ1) is 10.9. The van der Waals surface area contributed by atoms with Crippen LogP contribution in [0.15, 0.2) is 0 Å². The Morgan fingerprint density at radius 2 is 1.73 bits per heavy atom. The fourth-order valence-electron chi connectivity index (χ4n) is 3.10. The molecular weight excluding hydrogens is 188 g/mol. The van der Waals surface area contributed by atoms with Crippen LogP contribution in [0.25, 0.3) is 0 Å². The Kier molecular flexibility index (Phi) is 2.99. The summed E-state index contributed by atoms with van der Waals surface area (Å²) in [5.74, 6) is 0. The fourth-order valence-corrected chi connectivity index (χ4v) is 3.10. The molecule has 1 heterocycles. The van der Waals surface area contributed by atoms with Crippen molar-refractivity contribution in [2.24, 2.45) is 5.41 Å². The van der Waals surface area contributed by atoms with Gasteiger partial charge in [0.25, 0.3) is 0 Å². The lowest BCUT2D eigenvalue weighted by molar-refractivity contribution is -0.0458. The summed E-state index contributed by atoms with van der Waals surface area (Å²) in [7, 11) is 0. The summed E-state index contributed by atoms with van der Waals surface area (Å²) < 4.78 is 0. The van der Waals surface area contributed by atoms with Crippen molar-refractivity contribution in [1.82, 2.24) is 5.32 Å². The second-order valence-electron chi connectivity index (χ2n) is 5.07. The van der Waals surface area contributed by atoms with Crippen LogP contribution in [0.5, 0.6) is 0 Å². The van der Waals surface area contributed by atoms with E-state index in [0.717, 1.165) is 38.6 Å². The van der Waals surface area contributed by atoms with Gasteiger partial charge in [-0.05, 0) is 25.8 Å². The minimum atomic E-state index is -0.772. The van der Waals surface area contributed by atoms with Crippen molar-refractivity contribution >= 4 is 0 Å². The van der Waals surface area contributed by atoms with Gasteiger partial charge in [0.05, 0.1) is 17.1 Å². The van der Waals surface area contributed by atoms with E-state index in [4.69, 9.17) is 0 Å². The van der Waals surface area contributed by atoms with Crippen LogP contribution in [0, 0.1) is 16.7 Å². The first-order valence-corrected chi connectivity index (χ1v) is 6.07. The van der Waals surface area contributed by atoms with Crippen LogP contribution < -0.4 is 5.32 Å². The maximum absolute atomic E-state index is 10.6. The van der Waals surface area contributed by atoms with Gasteiger partial charge >= 0.3 is 0 Å². The van der Waals surface area contributed by atoms with Gasteiger partial charge in [0.1, 0.15) is 0 Å². The highest BCUT2D eigenvalue weighted by molar-refractivity contribution is 5.14. The van der Waals surface area contributed by atoms with Gasteiger partial charge in [-0.3, -0.25) is 0 Å². The average Bonchev–Trinajstić information content (AvgIpc) is 2.57. The quantitative estimate of drug-likeness (QED) is 0.643. The Morgan fingerprint density at radius 3 is 2.20 bits per heavy atom. The molecule has 0 aromatic heterocycles. The van der Waals surface area contributed by atoms with Gasteiger partial charge in [0.2, 0.25) is 0 Å². The minimum Gasteiger partial charge on any atom is -0.387 e. The van der Waals surface area contributed by atoms with Crippen molar-refractivity contribution in [3.05, 3.63) is 0 Å². The molecule has 0 aromatic rings. The van der Waals surface area contributed by atoms with E-state index in [9.17, 15) is 10.4 Å². The fraction of sp³-hybridized carbons (Fsp3) is 0.917. The lowest BCUT2D eigenvalue weighted by Crippen LogP contribution is -2.49. The smallest absolute Gasteiger partial charge is 0.0968 e. The second kappa shape index (κ2) is 4.11. The molecule has 1 saturated carbocycles. The molecule has 0 spiro atoms. The number of aliphatic hydroxyl groups is 1. The maximum atomic E-state index is 10.6. The van der Waals surface area contributed by atoms with E-state index in [1.54, 1.807) is 0 Å². The standard InChI is InChI=1S/C12H20N2O/c13-9-11(5-3-1-2-4-6-11)12(15)7-8-14-10-12/h14-15H,1-8,10H2. The predicted octanol–water partition coefficient (Wildman–Crippen LogP) is 1.57. The van der Waals surface area contributed by atoms with Crippen LogP contribution in [-0.4, -0.2) is 23.8 Å². The molecule has 3 heteroatoms.